The van der Waals surface area contributed by atoms with Crippen LogP contribution in [-0.2, 0) is 9.59 Å². The minimum Gasteiger partial charge on any atom is -0.497 e. The monoisotopic (exact) mass is 435 g/mol. The molecule has 2 saturated heterocycles. The highest BCUT2D eigenvalue weighted by Gasteiger charge is 2.38. The van der Waals surface area contributed by atoms with Crippen LogP contribution in [0.4, 0.5) is 11.4 Å². The Bertz CT molecular complexity index is 968. The van der Waals surface area contributed by atoms with Gasteiger partial charge in [0.05, 0.1) is 13.0 Å². The van der Waals surface area contributed by atoms with Crippen LogP contribution in [0.1, 0.15) is 38.2 Å². The molecule has 0 spiro atoms. The summed E-state index contributed by atoms with van der Waals surface area (Å²) in [4.78, 5) is 32.2. The second kappa shape index (κ2) is 9.63. The summed E-state index contributed by atoms with van der Waals surface area (Å²) in [6.07, 6.45) is 1.31. The van der Waals surface area contributed by atoms with Crippen LogP contribution < -0.4 is 14.5 Å². The molecular formula is C26H33N3O3. The van der Waals surface area contributed by atoms with E-state index in [1.54, 1.807) is 7.11 Å². The van der Waals surface area contributed by atoms with Crippen molar-refractivity contribution in [2.24, 2.45) is 5.92 Å². The van der Waals surface area contributed by atoms with Gasteiger partial charge in [0, 0.05) is 56.6 Å². The van der Waals surface area contributed by atoms with E-state index in [1.807, 2.05) is 46.2 Å². The average Bonchev–Trinajstić information content (AvgIpc) is 3.24. The van der Waals surface area contributed by atoms with E-state index in [2.05, 4.69) is 30.9 Å². The molecular weight excluding hydrogens is 402 g/mol. The Labute approximate surface area is 190 Å². The topological polar surface area (TPSA) is 53.1 Å². The standard InChI is InChI=1S/C26H33N3O3/c1-4-19(2)23-10-5-6-11-24(23)29-18-20(16-25(29)30)26(31)28-14-12-27(13-15-28)21-8-7-9-22(17-21)32-3/h5-11,17,19-20H,4,12-16,18H2,1-3H3/t19-,20+/m1/s1. The first-order valence-corrected chi connectivity index (χ1v) is 11.6. The molecule has 2 amide bonds. The lowest BCUT2D eigenvalue weighted by atomic mass is 9.96. The maximum absolute atomic E-state index is 13.2. The van der Waals surface area contributed by atoms with E-state index in [1.165, 1.54) is 5.56 Å². The Morgan fingerprint density at radius 1 is 1.09 bits per heavy atom. The summed E-state index contributed by atoms with van der Waals surface area (Å²) in [6, 6.07) is 16.1. The molecule has 2 aliphatic heterocycles. The molecule has 2 fully saturated rings. The summed E-state index contributed by atoms with van der Waals surface area (Å²) >= 11 is 0. The molecule has 0 N–H and O–H groups in total. The zero-order valence-electron chi connectivity index (χ0n) is 19.3. The van der Waals surface area contributed by atoms with Gasteiger partial charge in [0.2, 0.25) is 11.8 Å². The van der Waals surface area contributed by atoms with Crippen molar-refractivity contribution >= 4 is 23.2 Å². The molecule has 2 aromatic rings. The largest absolute Gasteiger partial charge is 0.497 e. The molecule has 0 aliphatic carbocycles. The molecule has 4 rings (SSSR count). The molecule has 0 bridgehead atoms. The van der Waals surface area contributed by atoms with Crippen LogP contribution in [0.25, 0.3) is 0 Å². The zero-order valence-corrected chi connectivity index (χ0v) is 19.3. The molecule has 6 nitrogen and oxygen atoms in total. The van der Waals surface area contributed by atoms with E-state index in [9.17, 15) is 9.59 Å². The third-order valence-corrected chi connectivity index (χ3v) is 6.85. The van der Waals surface area contributed by atoms with Crippen molar-refractivity contribution in [2.75, 3.05) is 49.6 Å². The number of benzene rings is 2. The van der Waals surface area contributed by atoms with Crippen LogP contribution in [0.2, 0.25) is 0 Å². The molecule has 2 aromatic carbocycles. The van der Waals surface area contributed by atoms with Crippen LogP contribution >= 0.6 is 0 Å². The second-order valence-corrected chi connectivity index (χ2v) is 8.79. The smallest absolute Gasteiger partial charge is 0.228 e. The first-order valence-electron chi connectivity index (χ1n) is 11.6. The summed E-state index contributed by atoms with van der Waals surface area (Å²) in [7, 11) is 1.67. The molecule has 0 unspecified atom stereocenters. The number of nitrogens with zero attached hydrogens (tertiary/aromatic N) is 3. The number of para-hydroxylation sites is 1. The Kier molecular flexibility index (Phi) is 6.68. The maximum atomic E-state index is 13.2. The lowest BCUT2D eigenvalue weighted by molar-refractivity contribution is -0.136. The van der Waals surface area contributed by atoms with E-state index < -0.39 is 0 Å². The van der Waals surface area contributed by atoms with Gasteiger partial charge in [-0.3, -0.25) is 9.59 Å². The number of amides is 2. The van der Waals surface area contributed by atoms with Gasteiger partial charge in [0.15, 0.2) is 0 Å². The van der Waals surface area contributed by atoms with Crippen molar-refractivity contribution in [2.45, 2.75) is 32.6 Å². The Morgan fingerprint density at radius 3 is 2.56 bits per heavy atom. The van der Waals surface area contributed by atoms with Gasteiger partial charge >= 0.3 is 0 Å². The molecule has 0 saturated carbocycles. The number of rotatable bonds is 6. The fraction of sp³-hybridized carbons (Fsp3) is 0.462. The predicted molar refractivity (Wildman–Crippen MR) is 127 cm³/mol. The fourth-order valence-electron chi connectivity index (χ4n) is 4.73. The maximum Gasteiger partial charge on any atom is 0.228 e. The summed E-state index contributed by atoms with van der Waals surface area (Å²) in [6.45, 7) is 7.71. The average molecular weight is 436 g/mol. The summed E-state index contributed by atoms with van der Waals surface area (Å²) < 4.78 is 5.33. The number of hydrogen-bond acceptors (Lipinski definition) is 4. The SMILES string of the molecule is CC[C@@H](C)c1ccccc1N1C[C@@H](C(=O)N2CCN(c3cccc(OC)c3)CC2)CC1=O. The molecule has 0 aromatic heterocycles. The van der Waals surface area contributed by atoms with Crippen molar-refractivity contribution in [1.29, 1.82) is 0 Å². The summed E-state index contributed by atoms with van der Waals surface area (Å²) in [5.41, 5.74) is 3.26. The van der Waals surface area contributed by atoms with Gasteiger partial charge in [0.25, 0.3) is 0 Å². The van der Waals surface area contributed by atoms with E-state index in [4.69, 9.17) is 4.74 Å². The van der Waals surface area contributed by atoms with Crippen LogP contribution in [0.15, 0.2) is 48.5 Å². The number of methoxy groups -OCH3 is 1. The third-order valence-electron chi connectivity index (χ3n) is 6.85. The van der Waals surface area contributed by atoms with Gasteiger partial charge in [-0.1, -0.05) is 38.1 Å². The van der Waals surface area contributed by atoms with Crippen molar-refractivity contribution in [3.63, 3.8) is 0 Å². The van der Waals surface area contributed by atoms with E-state index >= 15 is 0 Å². The first-order chi connectivity index (χ1) is 15.5. The van der Waals surface area contributed by atoms with Crippen LogP contribution in [-0.4, -0.2) is 56.5 Å². The molecule has 2 aliphatic rings. The van der Waals surface area contributed by atoms with Gasteiger partial charge in [-0.05, 0) is 36.1 Å². The molecule has 6 heteroatoms. The predicted octanol–water partition coefficient (Wildman–Crippen LogP) is 3.91. The normalized spacial score (nSPS) is 19.9. The van der Waals surface area contributed by atoms with Crippen LogP contribution in [0.5, 0.6) is 5.75 Å². The molecule has 0 radical (unpaired) electrons. The lowest BCUT2D eigenvalue weighted by Crippen LogP contribution is -2.50. The fourth-order valence-corrected chi connectivity index (χ4v) is 4.73. The molecule has 2 atom stereocenters. The van der Waals surface area contributed by atoms with Gasteiger partial charge in [-0.15, -0.1) is 0 Å². The van der Waals surface area contributed by atoms with Crippen molar-refractivity contribution in [3.05, 3.63) is 54.1 Å². The quantitative estimate of drug-likeness (QED) is 0.690. The molecule has 170 valence electrons. The minimum absolute atomic E-state index is 0.0501. The van der Waals surface area contributed by atoms with E-state index in [0.29, 0.717) is 32.0 Å². The van der Waals surface area contributed by atoms with E-state index in [-0.39, 0.29) is 17.7 Å². The lowest BCUT2D eigenvalue weighted by Gasteiger charge is -2.37. The summed E-state index contributed by atoms with van der Waals surface area (Å²) in [5, 5.41) is 0. The Morgan fingerprint density at radius 2 is 1.84 bits per heavy atom. The van der Waals surface area contributed by atoms with E-state index in [0.717, 1.165) is 36.6 Å². The van der Waals surface area contributed by atoms with Gasteiger partial charge in [0.1, 0.15) is 5.75 Å². The Hall–Kier alpha value is -3.02. The van der Waals surface area contributed by atoms with Gasteiger partial charge < -0.3 is 19.4 Å². The highest BCUT2D eigenvalue weighted by Crippen LogP contribution is 2.34. The van der Waals surface area contributed by atoms with Crippen molar-refractivity contribution in [1.82, 2.24) is 4.90 Å². The number of piperazine rings is 1. The van der Waals surface area contributed by atoms with Crippen molar-refractivity contribution in [3.8, 4) is 5.75 Å². The van der Waals surface area contributed by atoms with Gasteiger partial charge in [-0.2, -0.15) is 0 Å². The van der Waals surface area contributed by atoms with Gasteiger partial charge in [-0.25, -0.2) is 0 Å². The van der Waals surface area contributed by atoms with Crippen LogP contribution in [0.3, 0.4) is 0 Å². The number of ether oxygens (including phenoxy) is 1. The first kappa shape index (κ1) is 22.2. The number of carbonyl (C=O) groups excluding carboxylic acids is 2. The minimum atomic E-state index is -0.268. The molecule has 32 heavy (non-hydrogen) atoms. The summed E-state index contributed by atoms with van der Waals surface area (Å²) in [5.74, 6) is 1.10. The number of anilines is 2. The highest BCUT2D eigenvalue weighted by molar-refractivity contribution is 6.01. The zero-order chi connectivity index (χ0) is 22.7. The van der Waals surface area contributed by atoms with Crippen molar-refractivity contribution < 1.29 is 14.3 Å². The molecule has 2 heterocycles. The highest BCUT2D eigenvalue weighted by atomic mass is 16.5. The third kappa shape index (κ3) is 4.45. The number of carbonyl (C=O) groups is 2. The number of hydrogen-bond donors (Lipinski definition) is 0. The Balaban J connectivity index is 1.40. The van der Waals surface area contributed by atoms with Crippen LogP contribution in [0, 0.1) is 5.92 Å². The second-order valence-electron chi connectivity index (χ2n) is 8.79.